The quantitative estimate of drug-likeness (QED) is 0.533. The third-order valence-electron chi connectivity index (χ3n) is 6.21. The summed E-state index contributed by atoms with van der Waals surface area (Å²) in [5.41, 5.74) is 5.75. The molecule has 7 nitrogen and oxygen atoms in total. The number of hydrogen-bond donors (Lipinski definition) is 1. The molecule has 0 saturated carbocycles. The van der Waals surface area contributed by atoms with Gasteiger partial charge in [-0.15, -0.1) is 0 Å². The minimum atomic E-state index is -0.443. The Balaban J connectivity index is 1.41. The molecular formula is C20H35BN4O3. The van der Waals surface area contributed by atoms with Crippen molar-refractivity contribution in [1.29, 1.82) is 0 Å². The number of nitrogens with two attached hydrogens (primary N) is 1. The van der Waals surface area contributed by atoms with Crippen LogP contribution in [0, 0.1) is 5.92 Å². The monoisotopic (exact) mass is 390 g/mol. The lowest BCUT2D eigenvalue weighted by Crippen LogP contribution is -2.41. The van der Waals surface area contributed by atoms with Gasteiger partial charge in [-0.05, 0) is 65.8 Å². The van der Waals surface area contributed by atoms with Crippen LogP contribution in [0.3, 0.4) is 0 Å². The zero-order valence-electron chi connectivity index (χ0n) is 17.8. The van der Waals surface area contributed by atoms with Gasteiger partial charge in [0.05, 0.1) is 17.8 Å². The fourth-order valence-electron chi connectivity index (χ4n) is 3.81. The zero-order valence-corrected chi connectivity index (χ0v) is 17.8. The van der Waals surface area contributed by atoms with E-state index in [9.17, 15) is 0 Å². The van der Waals surface area contributed by atoms with Crippen molar-refractivity contribution in [3.05, 3.63) is 12.4 Å². The molecule has 3 heterocycles. The molecule has 2 saturated heterocycles. The van der Waals surface area contributed by atoms with Crippen molar-refractivity contribution >= 4 is 12.6 Å². The highest BCUT2D eigenvalue weighted by atomic mass is 16.7. The molecule has 0 bridgehead atoms. The van der Waals surface area contributed by atoms with Crippen molar-refractivity contribution in [3.63, 3.8) is 0 Å². The average molecular weight is 390 g/mol. The van der Waals surface area contributed by atoms with Crippen LogP contribution < -0.4 is 15.9 Å². The van der Waals surface area contributed by atoms with Crippen LogP contribution in [0.4, 0.5) is 0 Å². The summed E-state index contributed by atoms with van der Waals surface area (Å²) in [7, 11) is -0.443. The Morgan fingerprint density at radius 2 is 1.89 bits per heavy atom. The fraction of sp³-hybridized carbons (Fsp3) is 0.800. The lowest BCUT2D eigenvalue weighted by atomic mass is 9.81. The summed E-state index contributed by atoms with van der Waals surface area (Å²) in [4.78, 5) is 11.1. The molecule has 0 unspecified atom stereocenters. The highest BCUT2D eigenvalue weighted by Crippen LogP contribution is 2.36. The number of likely N-dealkylation sites (tertiary alicyclic amines) is 1. The summed E-state index contributed by atoms with van der Waals surface area (Å²) in [6.45, 7) is 12.9. The van der Waals surface area contributed by atoms with Gasteiger partial charge < -0.3 is 24.7 Å². The van der Waals surface area contributed by atoms with E-state index < -0.39 is 7.12 Å². The predicted molar refractivity (Wildman–Crippen MR) is 111 cm³/mol. The van der Waals surface area contributed by atoms with Crippen LogP contribution in [0.5, 0.6) is 6.01 Å². The first kappa shape index (κ1) is 21.5. The third-order valence-corrected chi connectivity index (χ3v) is 6.21. The lowest BCUT2D eigenvalue weighted by Gasteiger charge is -2.32. The molecule has 2 aliphatic rings. The second kappa shape index (κ2) is 9.07. The number of aromatic nitrogens is 2. The second-order valence-corrected chi connectivity index (χ2v) is 8.98. The molecule has 0 radical (unpaired) electrons. The molecule has 2 aliphatic heterocycles. The van der Waals surface area contributed by atoms with E-state index in [0.717, 1.165) is 37.4 Å². The lowest BCUT2D eigenvalue weighted by molar-refractivity contribution is 0.00578. The molecule has 2 N–H and O–H groups in total. The van der Waals surface area contributed by atoms with Crippen molar-refractivity contribution in [3.8, 4) is 6.01 Å². The Labute approximate surface area is 169 Å². The van der Waals surface area contributed by atoms with Gasteiger partial charge in [0.1, 0.15) is 0 Å². The molecule has 28 heavy (non-hydrogen) atoms. The first-order valence-corrected chi connectivity index (χ1v) is 10.5. The van der Waals surface area contributed by atoms with Crippen molar-refractivity contribution in [2.24, 2.45) is 11.7 Å². The summed E-state index contributed by atoms with van der Waals surface area (Å²) < 4.78 is 17.8. The van der Waals surface area contributed by atoms with Gasteiger partial charge in [-0.3, -0.25) is 0 Å². The minimum Gasteiger partial charge on any atom is -0.463 e. The largest absolute Gasteiger partial charge is 0.498 e. The van der Waals surface area contributed by atoms with E-state index in [0.29, 0.717) is 12.6 Å². The molecule has 1 aromatic heterocycles. The van der Waals surface area contributed by atoms with Gasteiger partial charge in [-0.1, -0.05) is 0 Å². The normalized spacial score (nSPS) is 24.5. The SMILES string of the molecule is CC1(C)OB(c2cnc(OCCC[C@@H]3CCCN(CCN)C3)nc2)OC1(C)C. The van der Waals surface area contributed by atoms with E-state index >= 15 is 0 Å². The molecule has 0 aliphatic carbocycles. The van der Waals surface area contributed by atoms with Gasteiger partial charge in [0.2, 0.25) is 0 Å². The maximum atomic E-state index is 6.03. The van der Waals surface area contributed by atoms with E-state index in [1.807, 2.05) is 27.7 Å². The highest BCUT2D eigenvalue weighted by molar-refractivity contribution is 6.61. The maximum absolute atomic E-state index is 6.03. The van der Waals surface area contributed by atoms with Crippen LogP contribution in [0.15, 0.2) is 12.4 Å². The molecule has 0 aromatic carbocycles. The predicted octanol–water partition coefficient (Wildman–Crippen LogP) is 1.61. The summed E-state index contributed by atoms with van der Waals surface area (Å²) in [6, 6.07) is 0.411. The van der Waals surface area contributed by atoms with E-state index in [-0.39, 0.29) is 11.2 Å². The minimum absolute atomic E-state index is 0.369. The molecule has 3 rings (SSSR count). The standard InChI is InChI=1S/C20H35BN4O3/c1-19(2)20(3,4)28-21(27-19)17-13-23-18(24-14-17)26-12-6-8-16-7-5-10-25(15-16)11-9-22/h13-14,16H,5-12,15,22H2,1-4H3/t16-/m0/s1. The number of rotatable bonds is 8. The number of nitrogens with zero attached hydrogens (tertiary/aromatic N) is 3. The maximum Gasteiger partial charge on any atom is 0.498 e. The molecule has 2 fully saturated rings. The van der Waals surface area contributed by atoms with Crippen LogP contribution >= 0.6 is 0 Å². The van der Waals surface area contributed by atoms with Crippen molar-refractivity contribution in [2.45, 2.75) is 64.6 Å². The molecular weight excluding hydrogens is 355 g/mol. The highest BCUT2D eigenvalue weighted by Gasteiger charge is 2.51. The first-order chi connectivity index (χ1) is 13.3. The Morgan fingerprint density at radius 3 is 2.54 bits per heavy atom. The summed E-state index contributed by atoms with van der Waals surface area (Å²) in [5.74, 6) is 0.746. The number of hydrogen-bond acceptors (Lipinski definition) is 7. The number of piperidine rings is 1. The third kappa shape index (κ3) is 5.23. The summed E-state index contributed by atoms with van der Waals surface area (Å²) in [6.07, 6.45) is 8.23. The summed E-state index contributed by atoms with van der Waals surface area (Å²) >= 11 is 0. The molecule has 0 amide bonds. The van der Waals surface area contributed by atoms with E-state index in [2.05, 4.69) is 14.9 Å². The van der Waals surface area contributed by atoms with E-state index in [1.54, 1.807) is 12.4 Å². The zero-order chi connectivity index (χ0) is 20.2. The Kier molecular flexibility index (Phi) is 6.96. The van der Waals surface area contributed by atoms with Crippen LogP contribution in [0.25, 0.3) is 0 Å². The van der Waals surface area contributed by atoms with Gasteiger partial charge in [0, 0.05) is 37.5 Å². The van der Waals surface area contributed by atoms with Gasteiger partial charge in [-0.2, -0.15) is 0 Å². The van der Waals surface area contributed by atoms with Gasteiger partial charge in [0.25, 0.3) is 0 Å². The number of ether oxygens (including phenoxy) is 1. The topological polar surface area (TPSA) is 82.7 Å². The smallest absolute Gasteiger partial charge is 0.463 e. The molecule has 0 spiro atoms. The molecule has 1 atom stereocenters. The van der Waals surface area contributed by atoms with Crippen LogP contribution in [-0.2, 0) is 9.31 Å². The fourth-order valence-corrected chi connectivity index (χ4v) is 3.81. The van der Waals surface area contributed by atoms with Gasteiger partial charge in [-0.25, -0.2) is 9.97 Å². The van der Waals surface area contributed by atoms with Crippen LogP contribution in [0.1, 0.15) is 53.4 Å². The second-order valence-electron chi connectivity index (χ2n) is 8.98. The van der Waals surface area contributed by atoms with Crippen molar-refractivity contribution in [2.75, 3.05) is 32.8 Å². The van der Waals surface area contributed by atoms with Crippen molar-refractivity contribution in [1.82, 2.24) is 14.9 Å². The molecule has 8 heteroatoms. The Morgan fingerprint density at radius 1 is 1.21 bits per heavy atom. The van der Waals surface area contributed by atoms with E-state index in [4.69, 9.17) is 19.8 Å². The van der Waals surface area contributed by atoms with Gasteiger partial charge in [0.15, 0.2) is 0 Å². The van der Waals surface area contributed by atoms with Gasteiger partial charge >= 0.3 is 13.1 Å². The Hall–Kier alpha value is -1.22. The van der Waals surface area contributed by atoms with Crippen molar-refractivity contribution < 1.29 is 14.0 Å². The molecule has 1 aromatic rings. The average Bonchev–Trinajstić information content (AvgIpc) is 2.87. The molecule has 156 valence electrons. The van der Waals surface area contributed by atoms with Crippen LogP contribution in [-0.4, -0.2) is 66.0 Å². The Bertz CT molecular complexity index is 608. The van der Waals surface area contributed by atoms with E-state index in [1.165, 1.54) is 25.8 Å². The van der Waals surface area contributed by atoms with Crippen LogP contribution in [0.2, 0.25) is 0 Å². The first-order valence-electron chi connectivity index (χ1n) is 10.5. The summed E-state index contributed by atoms with van der Waals surface area (Å²) in [5, 5.41) is 0.